The first-order chi connectivity index (χ1) is 7.68. The number of piperidine rings is 1. The average Bonchev–Trinajstić information content (AvgIpc) is 2.29. The van der Waals surface area contributed by atoms with E-state index in [1.54, 1.807) is 24.4 Å². The highest BCUT2D eigenvalue weighted by Gasteiger charge is 2.35. The number of hydrogen-bond acceptors (Lipinski definition) is 3. The molecule has 1 aromatic rings. The number of carboxylic acids is 1. The molecule has 0 radical (unpaired) electrons. The molecule has 5 heteroatoms. The molecule has 0 spiro atoms. The van der Waals surface area contributed by atoms with Crippen LogP contribution in [-0.4, -0.2) is 22.0 Å². The van der Waals surface area contributed by atoms with Gasteiger partial charge in [-0.1, -0.05) is 6.07 Å². The minimum atomic E-state index is -0.893. The molecular weight excluding hydrogens is 208 g/mol. The minimum absolute atomic E-state index is 0.117. The molecule has 16 heavy (non-hydrogen) atoms. The van der Waals surface area contributed by atoms with Crippen molar-refractivity contribution in [1.82, 2.24) is 10.3 Å². The number of aromatic nitrogens is 1. The third-order valence-corrected chi connectivity index (χ3v) is 2.72. The van der Waals surface area contributed by atoms with Gasteiger partial charge in [-0.05, 0) is 18.6 Å². The van der Waals surface area contributed by atoms with Crippen molar-refractivity contribution in [2.24, 2.45) is 5.92 Å². The SMILES string of the molecule is O=C1CC[C@@H](C(=O)O)[C@@H](c2ccccn2)N1. The van der Waals surface area contributed by atoms with Gasteiger partial charge in [0.2, 0.25) is 5.91 Å². The maximum atomic E-state index is 11.3. The Hall–Kier alpha value is -1.91. The maximum absolute atomic E-state index is 11.3. The van der Waals surface area contributed by atoms with E-state index in [1.165, 1.54) is 0 Å². The van der Waals surface area contributed by atoms with Gasteiger partial charge >= 0.3 is 5.97 Å². The summed E-state index contributed by atoms with van der Waals surface area (Å²) < 4.78 is 0. The van der Waals surface area contributed by atoms with Gasteiger partial charge < -0.3 is 10.4 Å². The zero-order valence-electron chi connectivity index (χ0n) is 8.59. The molecule has 1 aliphatic heterocycles. The van der Waals surface area contributed by atoms with Crippen molar-refractivity contribution < 1.29 is 14.7 Å². The first kappa shape index (κ1) is 10.6. The van der Waals surface area contributed by atoms with Gasteiger partial charge in [-0.3, -0.25) is 14.6 Å². The molecule has 1 aromatic heterocycles. The predicted molar refractivity (Wildman–Crippen MR) is 55.5 cm³/mol. The molecule has 0 unspecified atom stereocenters. The maximum Gasteiger partial charge on any atom is 0.309 e. The monoisotopic (exact) mass is 220 g/mol. The molecule has 5 nitrogen and oxygen atoms in total. The van der Waals surface area contributed by atoms with Crippen LogP contribution in [-0.2, 0) is 9.59 Å². The van der Waals surface area contributed by atoms with Crippen molar-refractivity contribution in [3.63, 3.8) is 0 Å². The molecule has 1 saturated heterocycles. The van der Waals surface area contributed by atoms with Gasteiger partial charge in [0.15, 0.2) is 0 Å². The number of pyridine rings is 1. The molecule has 1 aliphatic rings. The Labute approximate surface area is 92.5 Å². The molecule has 2 rings (SSSR count). The largest absolute Gasteiger partial charge is 0.481 e. The van der Waals surface area contributed by atoms with Crippen LogP contribution in [0.15, 0.2) is 24.4 Å². The van der Waals surface area contributed by atoms with E-state index in [-0.39, 0.29) is 12.3 Å². The van der Waals surface area contributed by atoms with E-state index in [0.29, 0.717) is 12.1 Å². The van der Waals surface area contributed by atoms with E-state index in [9.17, 15) is 9.59 Å². The highest BCUT2D eigenvalue weighted by atomic mass is 16.4. The minimum Gasteiger partial charge on any atom is -0.481 e. The van der Waals surface area contributed by atoms with Gasteiger partial charge in [0, 0.05) is 12.6 Å². The molecule has 0 bridgehead atoms. The third-order valence-electron chi connectivity index (χ3n) is 2.72. The molecule has 1 fully saturated rings. The molecule has 0 saturated carbocycles. The summed E-state index contributed by atoms with van der Waals surface area (Å²) in [5, 5.41) is 11.8. The average molecular weight is 220 g/mol. The van der Waals surface area contributed by atoms with Crippen LogP contribution < -0.4 is 5.32 Å². The Balaban J connectivity index is 2.27. The van der Waals surface area contributed by atoms with Crippen LogP contribution >= 0.6 is 0 Å². The van der Waals surface area contributed by atoms with Crippen LogP contribution in [0.5, 0.6) is 0 Å². The molecule has 0 aliphatic carbocycles. The molecule has 1 amide bonds. The third kappa shape index (κ3) is 2.03. The van der Waals surface area contributed by atoms with Crippen molar-refractivity contribution in [2.45, 2.75) is 18.9 Å². The number of rotatable bonds is 2. The van der Waals surface area contributed by atoms with Crippen LogP contribution in [0, 0.1) is 5.92 Å². The van der Waals surface area contributed by atoms with Crippen LogP contribution in [0.25, 0.3) is 0 Å². The van der Waals surface area contributed by atoms with Gasteiger partial charge in [-0.2, -0.15) is 0 Å². The topological polar surface area (TPSA) is 79.3 Å². The Morgan fingerprint density at radius 3 is 2.94 bits per heavy atom. The number of amides is 1. The quantitative estimate of drug-likeness (QED) is 0.770. The summed E-state index contributed by atoms with van der Waals surface area (Å²) in [5.41, 5.74) is 0.600. The van der Waals surface area contributed by atoms with Crippen LogP contribution in [0.3, 0.4) is 0 Å². The lowest BCUT2D eigenvalue weighted by atomic mass is 9.88. The normalized spacial score (nSPS) is 24.9. The Morgan fingerprint density at radius 2 is 2.31 bits per heavy atom. The van der Waals surface area contributed by atoms with Gasteiger partial charge in [-0.15, -0.1) is 0 Å². The molecule has 2 heterocycles. The number of hydrogen-bond donors (Lipinski definition) is 2. The number of carboxylic acid groups (broad SMARTS) is 1. The Morgan fingerprint density at radius 1 is 1.50 bits per heavy atom. The summed E-state index contributed by atoms with van der Waals surface area (Å²) in [6.07, 6.45) is 2.22. The fourth-order valence-corrected chi connectivity index (χ4v) is 1.91. The molecule has 84 valence electrons. The number of aliphatic carboxylic acids is 1. The second-order valence-corrected chi connectivity index (χ2v) is 3.78. The number of nitrogens with zero attached hydrogens (tertiary/aromatic N) is 1. The van der Waals surface area contributed by atoms with Gasteiger partial charge in [0.25, 0.3) is 0 Å². The van der Waals surface area contributed by atoms with Crippen molar-refractivity contribution in [1.29, 1.82) is 0 Å². The van der Waals surface area contributed by atoms with E-state index >= 15 is 0 Å². The van der Waals surface area contributed by atoms with Gasteiger partial charge in [0.05, 0.1) is 17.7 Å². The van der Waals surface area contributed by atoms with Gasteiger partial charge in [-0.25, -0.2) is 0 Å². The standard InChI is InChI=1S/C11H12N2O3/c14-9-5-4-7(11(15)16)10(13-9)8-3-1-2-6-12-8/h1-3,6-7,10H,4-5H2,(H,13,14)(H,15,16)/t7-,10+/m1/s1. The van der Waals surface area contributed by atoms with Crippen LogP contribution in [0.1, 0.15) is 24.6 Å². The van der Waals surface area contributed by atoms with Crippen molar-refractivity contribution in [3.05, 3.63) is 30.1 Å². The summed E-state index contributed by atoms with van der Waals surface area (Å²) >= 11 is 0. The molecule has 2 N–H and O–H groups in total. The summed E-state index contributed by atoms with van der Waals surface area (Å²) in [7, 11) is 0. The second-order valence-electron chi connectivity index (χ2n) is 3.78. The highest BCUT2D eigenvalue weighted by molar-refractivity contribution is 5.81. The van der Waals surface area contributed by atoms with Crippen molar-refractivity contribution in [2.75, 3.05) is 0 Å². The lowest BCUT2D eigenvalue weighted by Crippen LogP contribution is -2.42. The fraction of sp³-hybridized carbons (Fsp3) is 0.364. The molecule has 2 atom stereocenters. The second kappa shape index (κ2) is 4.30. The zero-order valence-corrected chi connectivity index (χ0v) is 8.59. The number of carbonyl (C=O) groups is 2. The smallest absolute Gasteiger partial charge is 0.309 e. The first-order valence-electron chi connectivity index (χ1n) is 5.11. The Kier molecular flexibility index (Phi) is 2.85. The first-order valence-corrected chi connectivity index (χ1v) is 5.11. The lowest BCUT2D eigenvalue weighted by Gasteiger charge is -2.28. The number of nitrogens with one attached hydrogen (secondary N) is 1. The van der Waals surface area contributed by atoms with Crippen molar-refractivity contribution in [3.8, 4) is 0 Å². The van der Waals surface area contributed by atoms with E-state index in [0.717, 1.165) is 0 Å². The van der Waals surface area contributed by atoms with Crippen molar-refractivity contribution >= 4 is 11.9 Å². The van der Waals surface area contributed by atoms with E-state index in [4.69, 9.17) is 5.11 Å². The molecule has 0 aromatic carbocycles. The van der Waals surface area contributed by atoms with E-state index in [2.05, 4.69) is 10.3 Å². The Bertz CT molecular complexity index is 405. The molecular formula is C11H12N2O3. The lowest BCUT2D eigenvalue weighted by molar-refractivity contribution is -0.145. The zero-order chi connectivity index (χ0) is 11.5. The number of carbonyl (C=O) groups excluding carboxylic acids is 1. The summed E-state index contributed by atoms with van der Waals surface area (Å²) in [4.78, 5) is 26.4. The fourth-order valence-electron chi connectivity index (χ4n) is 1.91. The van der Waals surface area contributed by atoms with E-state index < -0.39 is 17.9 Å². The van der Waals surface area contributed by atoms with Crippen LogP contribution in [0.4, 0.5) is 0 Å². The van der Waals surface area contributed by atoms with Crippen LogP contribution in [0.2, 0.25) is 0 Å². The predicted octanol–water partition coefficient (Wildman–Crippen LogP) is 0.733. The summed E-state index contributed by atoms with van der Waals surface area (Å²) in [5.74, 6) is -1.60. The highest BCUT2D eigenvalue weighted by Crippen LogP contribution is 2.28. The van der Waals surface area contributed by atoms with Gasteiger partial charge in [0.1, 0.15) is 0 Å². The van der Waals surface area contributed by atoms with E-state index in [1.807, 2.05) is 0 Å². The summed E-state index contributed by atoms with van der Waals surface area (Å²) in [6, 6.07) is 4.75. The summed E-state index contributed by atoms with van der Waals surface area (Å²) in [6.45, 7) is 0.